The highest BCUT2D eigenvalue weighted by Gasteiger charge is 2.30. The van der Waals surface area contributed by atoms with Gasteiger partial charge >= 0.3 is 0 Å². The zero-order chi connectivity index (χ0) is 17.8. The van der Waals surface area contributed by atoms with Crippen molar-refractivity contribution in [3.8, 4) is 5.75 Å². The standard InChI is InChI=1S/C20H25N3O2/c1-15-5-4-6-18(21-15)13-22-11-12-23(16(2)24)20(14-22)17-7-9-19(25-3)10-8-17/h4-10,20H,11-14H2,1-3H3/t20-/m1/s1. The molecule has 1 aromatic heterocycles. The van der Waals surface area contributed by atoms with Gasteiger partial charge in [-0.15, -0.1) is 0 Å². The number of rotatable bonds is 4. The third-order valence-electron chi connectivity index (χ3n) is 4.70. The van der Waals surface area contributed by atoms with Crippen molar-refractivity contribution in [3.05, 3.63) is 59.4 Å². The molecule has 0 aliphatic carbocycles. The number of aryl methyl sites for hydroxylation is 1. The van der Waals surface area contributed by atoms with E-state index in [0.717, 1.165) is 48.9 Å². The number of piperazine rings is 1. The molecule has 1 amide bonds. The maximum absolute atomic E-state index is 12.1. The second-order valence-corrected chi connectivity index (χ2v) is 6.51. The normalized spacial score (nSPS) is 18.2. The maximum atomic E-state index is 12.1. The van der Waals surface area contributed by atoms with Gasteiger partial charge < -0.3 is 9.64 Å². The molecule has 1 saturated heterocycles. The predicted molar refractivity (Wildman–Crippen MR) is 97.4 cm³/mol. The Kier molecular flexibility index (Phi) is 5.34. The molecule has 1 fully saturated rings. The number of methoxy groups -OCH3 is 1. The summed E-state index contributed by atoms with van der Waals surface area (Å²) >= 11 is 0. The monoisotopic (exact) mass is 339 g/mol. The first kappa shape index (κ1) is 17.4. The van der Waals surface area contributed by atoms with Gasteiger partial charge in [-0.2, -0.15) is 0 Å². The van der Waals surface area contributed by atoms with Crippen molar-refractivity contribution in [2.45, 2.75) is 26.4 Å². The van der Waals surface area contributed by atoms with E-state index in [9.17, 15) is 4.79 Å². The molecular formula is C20H25N3O2. The van der Waals surface area contributed by atoms with E-state index in [1.807, 2.05) is 48.2 Å². The van der Waals surface area contributed by atoms with Gasteiger partial charge in [-0.3, -0.25) is 14.7 Å². The van der Waals surface area contributed by atoms with Crippen LogP contribution in [0, 0.1) is 6.92 Å². The van der Waals surface area contributed by atoms with Crippen LogP contribution in [0.1, 0.15) is 29.9 Å². The van der Waals surface area contributed by atoms with Crippen molar-refractivity contribution in [3.63, 3.8) is 0 Å². The van der Waals surface area contributed by atoms with E-state index >= 15 is 0 Å². The number of ether oxygens (including phenoxy) is 1. The van der Waals surface area contributed by atoms with E-state index in [4.69, 9.17) is 4.74 Å². The van der Waals surface area contributed by atoms with E-state index in [0.29, 0.717) is 0 Å². The Balaban J connectivity index is 1.78. The van der Waals surface area contributed by atoms with Crippen LogP contribution in [0.15, 0.2) is 42.5 Å². The number of aromatic nitrogens is 1. The van der Waals surface area contributed by atoms with Crippen LogP contribution in [0.25, 0.3) is 0 Å². The van der Waals surface area contributed by atoms with E-state index in [2.05, 4.69) is 16.0 Å². The van der Waals surface area contributed by atoms with E-state index in [1.165, 1.54) is 0 Å². The maximum Gasteiger partial charge on any atom is 0.220 e. The first-order valence-electron chi connectivity index (χ1n) is 8.63. The van der Waals surface area contributed by atoms with Gasteiger partial charge in [0.25, 0.3) is 0 Å². The van der Waals surface area contributed by atoms with Gasteiger partial charge in [0.2, 0.25) is 5.91 Å². The highest BCUT2D eigenvalue weighted by Crippen LogP contribution is 2.27. The molecule has 0 spiro atoms. The summed E-state index contributed by atoms with van der Waals surface area (Å²) in [6.45, 7) is 6.87. The van der Waals surface area contributed by atoms with Crippen molar-refractivity contribution in [2.75, 3.05) is 26.7 Å². The fourth-order valence-electron chi connectivity index (χ4n) is 3.39. The minimum Gasteiger partial charge on any atom is -0.497 e. The average molecular weight is 339 g/mol. The highest BCUT2D eigenvalue weighted by atomic mass is 16.5. The predicted octanol–water partition coefficient (Wildman–Crippen LogP) is 2.80. The highest BCUT2D eigenvalue weighted by molar-refractivity contribution is 5.74. The summed E-state index contributed by atoms with van der Waals surface area (Å²) in [6.07, 6.45) is 0. The number of amides is 1. The first-order valence-corrected chi connectivity index (χ1v) is 8.63. The molecule has 1 aliphatic rings. The minimum absolute atomic E-state index is 0.0574. The van der Waals surface area contributed by atoms with Gasteiger partial charge in [0.1, 0.15) is 5.75 Å². The molecular weight excluding hydrogens is 314 g/mol. The van der Waals surface area contributed by atoms with Crippen molar-refractivity contribution in [1.29, 1.82) is 0 Å². The molecule has 0 radical (unpaired) electrons. The van der Waals surface area contributed by atoms with Crippen LogP contribution in [-0.4, -0.2) is 47.4 Å². The Bertz CT molecular complexity index is 730. The van der Waals surface area contributed by atoms with Crippen LogP contribution < -0.4 is 4.74 Å². The van der Waals surface area contributed by atoms with Gasteiger partial charge in [-0.05, 0) is 36.8 Å². The topological polar surface area (TPSA) is 45.7 Å². The third kappa shape index (κ3) is 4.17. The lowest BCUT2D eigenvalue weighted by molar-refractivity contribution is -0.134. The summed E-state index contributed by atoms with van der Waals surface area (Å²) in [7, 11) is 1.66. The molecule has 0 N–H and O–H groups in total. The Morgan fingerprint density at radius 2 is 1.96 bits per heavy atom. The van der Waals surface area contributed by atoms with E-state index < -0.39 is 0 Å². The van der Waals surface area contributed by atoms with Crippen molar-refractivity contribution >= 4 is 5.91 Å². The lowest BCUT2D eigenvalue weighted by Crippen LogP contribution is -2.49. The lowest BCUT2D eigenvalue weighted by atomic mass is 10.0. The number of carbonyl (C=O) groups excluding carboxylic acids is 1. The molecule has 1 aromatic carbocycles. The summed E-state index contributed by atoms with van der Waals surface area (Å²) in [5.41, 5.74) is 3.24. The summed E-state index contributed by atoms with van der Waals surface area (Å²) < 4.78 is 5.24. The molecule has 5 nitrogen and oxygen atoms in total. The van der Waals surface area contributed by atoms with Gasteiger partial charge in [0, 0.05) is 38.8 Å². The average Bonchev–Trinajstić information content (AvgIpc) is 2.61. The Labute approximate surface area is 149 Å². The molecule has 0 saturated carbocycles. The number of hydrogen-bond donors (Lipinski definition) is 0. The third-order valence-corrected chi connectivity index (χ3v) is 4.70. The molecule has 25 heavy (non-hydrogen) atoms. The van der Waals surface area contributed by atoms with Gasteiger partial charge in [-0.1, -0.05) is 18.2 Å². The molecule has 5 heteroatoms. The first-order chi connectivity index (χ1) is 12.1. The van der Waals surface area contributed by atoms with Crippen LogP contribution >= 0.6 is 0 Å². The summed E-state index contributed by atoms with van der Waals surface area (Å²) in [4.78, 5) is 21.0. The molecule has 132 valence electrons. The molecule has 1 atom stereocenters. The van der Waals surface area contributed by atoms with Crippen LogP contribution in [0.4, 0.5) is 0 Å². The fourth-order valence-corrected chi connectivity index (χ4v) is 3.39. The molecule has 0 bridgehead atoms. The SMILES string of the molecule is COc1ccc([C@H]2CN(Cc3cccc(C)n3)CCN2C(C)=O)cc1. The molecule has 2 heterocycles. The molecule has 3 rings (SSSR count). The Hall–Kier alpha value is -2.40. The van der Waals surface area contributed by atoms with E-state index in [-0.39, 0.29) is 11.9 Å². The van der Waals surface area contributed by atoms with Crippen LogP contribution in [0.5, 0.6) is 5.75 Å². The van der Waals surface area contributed by atoms with Crippen LogP contribution in [0.2, 0.25) is 0 Å². The molecule has 1 aliphatic heterocycles. The van der Waals surface area contributed by atoms with Crippen molar-refractivity contribution in [2.24, 2.45) is 0 Å². The van der Waals surface area contributed by atoms with E-state index in [1.54, 1.807) is 14.0 Å². The minimum atomic E-state index is 0.0574. The number of carbonyl (C=O) groups is 1. The quantitative estimate of drug-likeness (QED) is 0.859. The lowest BCUT2D eigenvalue weighted by Gasteiger charge is -2.41. The van der Waals surface area contributed by atoms with Gasteiger partial charge in [0.05, 0.1) is 18.8 Å². The van der Waals surface area contributed by atoms with Crippen LogP contribution in [-0.2, 0) is 11.3 Å². The van der Waals surface area contributed by atoms with Gasteiger partial charge in [0.15, 0.2) is 0 Å². The summed E-state index contributed by atoms with van der Waals surface area (Å²) in [5, 5.41) is 0. The van der Waals surface area contributed by atoms with Crippen molar-refractivity contribution in [1.82, 2.24) is 14.8 Å². The summed E-state index contributed by atoms with van der Waals surface area (Å²) in [5.74, 6) is 0.948. The zero-order valence-electron chi connectivity index (χ0n) is 15.1. The Morgan fingerprint density at radius 3 is 2.60 bits per heavy atom. The number of nitrogens with zero attached hydrogens (tertiary/aromatic N) is 3. The molecule has 0 unspecified atom stereocenters. The smallest absolute Gasteiger partial charge is 0.220 e. The number of hydrogen-bond acceptors (Lipinski definition) is 4. The van der Waals surface area contributed by atoms with Crippen molar-refractivity contribution < 1.29 is 9.53 Å². The van der Waals surface area contributed by atoms with Crippen LogP contribution in [0.3, 0.4) is 0 Å². The largest absolute Gasteiger partial charge is 0.497 e. The number of pyridine rings is 1. The number of benzene rings is 1. The molecule has 2 aromatic rings. The Morgan fingerprint density at radius 1 is 1.20 bits per heavy atom. The van der Waals surface area contributed by atoms with Gasteiger partial charge in [-0.25, -0.2) is 0 Å². The summed E-state index contributed by atoms with van der Waals surface area (Å²) in [6, 6.07) is 14.2. The second-order valence-electron chi connectivity index (χ2n) is 6.51. The fraction of sp³-hybridized carbons (Fsp3) is 0.400. The zero-order valence-corrected chi connectivity index (χ0v) is 15.1. The second kappa shape index (κ2) is 7.66.